The van der Waals surface area contributed by atoms with Gasteiger partial charge in [-0.15, -0.1) is 0 Å². The lowest BCUT2D eigenvalue weighted by Crippen LogP contribution is -2.42. The number of hydrogen-bond donors (Lipinski definition) is 2. The second-order valence-electron chi connectivity index (χ2n) is 4.95. The first kappa shape index (κ1) is 15.9. The summed E-state index contributed by atoms with van der Waals surface area (Å²) in [7, 11) is 1.53. The molecule has 110 valence electrons. The SMILES string of the molecule is COc1ccc(CC(=O)N[C@H](CC(C)C)C(=O)O)nc1. The first-order chi connectivity index (χ1) is 9.42. The van der Waals surface area contributed by atoms with E-state index >= 15 is 0 Å². The van der Waals surface area contributed by atoms with Crippen LogP contribution in [0.3, 0.4) is 0 Å². The van der Waals surface area contributed by atoms with Gasteiger partial charge < -0.3 is 15.2 Å². The number of carboxylic acids is 1. The Balaban J connectivity index is 2.58. The van der Waals surface area contributed by atoms with Crippen molar-refractivity contribution in [3.05, 3.63) is 24.0 Å². The van der Waals surface area contributed by atoms with Crippen LogP contribution in [0.5, 0.6) is 5.75 Å². The van der Waals surface area contributed by atoms with E-state index in [9.17, 15) is 9.59 Å². The Bertz CT molecular complexity index is 457. The van der Waals surface area contributed by atoms with Crippen LogP contribution in [0.25, 0.3) is 0 Å². The number of carbonyl (C=O) groups is 2. The number of aromatic nitrogens is 1. The van der Waals surface area contributed by atoms with Crippen LogP contribution in [0.2, 0.25) is 0 Å². The van der Waals surface area contributed by atoms with E-state index in [0.717, 1.165) is 0 Å². The Kier molecular flexibility index (Phi) is 5.96. The van der Waals surface area contributed by atoms with E-state index in [2.05, 4.69) is 10.3 Å². The summed E-state index contributed by atoms with van der Waals surface area (Å²) < 4.78 is 4.97. The predicted octanol–water partition coefficient (Wildman–Crippen LogP) is 1.25. The highest BCUT2D eigenvalue weighted by atomic mass is 16.5. The molecule has 6 nitrogen and oxygen atoms in total. The van der Waals surface area contributed by atoms with Gasteiger partial charge in [-0.05, 0) is 24.5 Å². The molecule has 0 saturated carbocycles. The third-order valence-electron chi connectivity index (χ3n) is 2.72. The van der Waals surface area contributed by atoms with E-state index in [4.69, 9.17) is 9.84 Å². The third kappa shape index (κ3) is 5.26. The fourth-order valence-electron chi connectivity index (χ4n) is 1.74. The molecule has 6 heteroatoms. The Morgan fingerprint density at radius 3 is 2.55 bits per heavy atom. The zero-order valence-electron chi connectivity index (χ0n) is 11.9. The molecule has 0 aliphatic rings. The lowest BCUT2D eigenvalue weighted by molar-refractivity contribution is -0.142. The second-order valence-corrected chi connectivity index (χ2v) is 4.95. The molecule has 1 aromatic heterocycles. The maximum Gasteiger partial charge on any atom is 0.326 e. The van der Waals surface area contributed by atoms with Crippen LogP contribution in [0, 0.1) is 5.92 Å². The molecule has 1 amide bonds. The number of methoxy groups -OCH3 is 1. The maximum atomic E-state index is 11.8. The minimum Gasteiger partial charge on any atom is -0.495 e. The number of aliphatic carboxylic acids is 1. The molecule has 0 unspecified atom stereocenters. The van der Waals surface area contributed by atoms with Crippen molar-refractivity contribution in [2.24, 2.45) is 5.92 Å². The highest BCUT2D eigenvalue weighted by Gasteiger charge is 2.21. The molecular formula is C14H20N2O4. The average molecular weight is 280 g/mol. The molecule has 1 atom stereocenters. The number of ether oxygens (including phenoxy) is 1. The van der Waals surface area contributed by atoms with Gasteiger partial charge in [-0.3, -0.25) is 9.78 Å². The molecule has 1 aromatic rings. The molecule has 0 fully saturated rings. The largest absolute Gasteiger partial charge is 0.495 e. The predicted molar refractivity (Wildman–Crippen MR) is 73.5 cm³/mol. The summed E-state index contributed by atoms with van der Waals surface area (Å²) in [5.74, 6) is -0.571. The van der Waals surface area contributed by atoms with Gasteiger partial charge in [0.05, 0.1) is 19.7 Å². The van der Waals surface area contributed by atoms with Gasteiger partial charge in [-0.2, -0.15) is 0 Å². The number of carbonyl (C=O) groups excluding carboxylic acids is 1. The molecule has 1 heterocycles. The van der Waals surface area contributed by atoms with E-state index in [1.54, 1.807) is 12.1 Å². The van der Waals surface area contributed by atoms with Gasteiger partial charge in [0.25, 0.3) is 0 Å². The molecule has 1 rings (SSSR count). The van der Waals surface area contributed by atoms with Gasteiger partial charge in [0.15, 0.2) is 0 Å². The number of nitrogens with zero attached hydrogens (tertiary/aromatic N) is 1. The number of nitrogens with one attached hydrogen (secondary N) is 1. The summed E-state index contributed by atoms with van der Waals surface area (Å²) >= 11 is 0. The van der Waals surface area contributed by atoms with Crippen LogP contribution in [0.1, 0.15) is 26.0 Å². The zero-order valence-corrected chi connectivity index (χ0v) is 11.9. The van der Waals surface area contributed by atoms with Crippen molar-refractivity contribution in [2.45, 2.75) is 32.7 Å². The van der Waals surface area contributed by atoms with Crippen molar-refractivity contribution >= 4 is 11.9 Å². The van der Waals surface area contributed by atoms with Crippen LogP contribution in [-0.2, 0) is 16.0 Å². The Hall–Kier alpha value is -2.11. The van der Waals surface area contributed by atoms with Crippen LogP contribution in [-0.4, -0.2) is 35.1 Å². The summed E-state index contributed by atoms with van der Waals surface area (Å²) in [6.07, 6.45) is 1.97. The molecule has 0 bridgehead atoms. The van der Waals surface area contributed by atoms with E-state index in [0.29, 0.717) is 17.9 Å². The Morgan fingerprint density at radius 1 is 1.40 bits per heavy atom. The first-order valence-electron chi connectivity index (χ1n) is 6.43. The Labute approximate surface area is 118 Å². The summed E-state index contributed by atoms with van der Waals surface area (Å²) in [4.78, 5) is 26.9. The maximum absolute atomic E-state index is 11.8. The van der Waals surface area contributed by atoms with Crippen molar-refractivity contribution in [1.82, 2.24) is 10.3 Å². The lowest BCUT2D eigenvalue weighted by atomic mass is 10.0. The van der Waals surface area contributed by atoms with Crippen LogP contribution in [0.4, 0.5) is 0 Å². The van der Waals surface area contributed by atoms with Crippen molar-refractivity contribution in [2.75, 3.05) is 7.11 Å². The van der Waals surface area contributed by atoms with Gasteiger partial charge >= 0.3 is 5.97 Å². The van der Waals surface area contributed by atoms with Crippen molar-refractivity contribution in [3.63, 3.8) is 0 Å². The number of rotatable bonds is 7. The van der Waals surface area contributed by atoms with Gasteiger partial charge in [0.2, 0.25) is 5.91 Å². The van der Waals surface area contributed by atoms with Crippen molar-refractivity contribution < 1.29 is 19.4 Å². The molecular weight excluding hydrogens is 260 g/mol. The standard InChI is InChI=1S/C14H20N2O4/c1-9(2)6-12(14(18)19)16-13(17)7-10-4-5-11(20-3)8-15-10/h4-5,8-9,12H,6-7H2,1-3H3,(H,16,17)(H,18,19)/t12-/m1/s1. The van der Waals surface area contributed by atoms with Gasteiger partial charge in [-0.25, -0.2) is 4.79 Å². The molecule has 0 radical (unpaired) electrons. The number of carboxylic acid groups (broad SMARTS) is 1. The zero-order chi connectivity index (χ0) is 15.1. The third-order valence-corrected chi connectivity index (χ3v) is 2.72. The van der Waals surface area contributed by atoms with Crippen LogP contribution >= 0.6 is 0 Å². The van der Waals surface area contributed by atoms with Crippen molar-refractivity contribution in [3.8, 4) is 5.75 Å². The van der Waals surface area contributed by atoms with Crippen molar-refractivity contribution in [1.29, 1.82) is 0 Å². The average Bonchev–Trinajstić information content (AvgIpc) is 2.38. The van der Waals surface area contributed by atoms with E-state index in [1.807, 2.05) is 13.8 Å². The second kappa shape index (κ2) is 7.47. The molecule has 2 N–H and O–H groups in total. The van der Waals surface area contributed by atoms with E-state index in [1.165, 1.54) is 13.3 Å². The fraction of sp³-hybridized carbons (Fsp3) is 0.500. The summed E-state index contributed by atoms with van der Waals surface area (Å²) in [5, 5.41) is 11.6. The topological polar surface area (TPSA) is 88.5 Å². The number of hydrogen-bond acceptors (Lipinski definition) is 4. The van der Waals surface area contributed by atoms with Gasteiger partial charge in [-0.1, -0.05) is 13.8 Å². The summed E-state index contributed by atoms with van der Waals surface area (Å²) in [5.41, 5.74) is 0.567. The molecule has 0 aliphatic carbocycles. The quantitative estimate of drug-likeness (QED) is 0.784. The minimum absolute atomic E-state index is 0.0475. The van der Waals surface area contributed by atoms with Crippen LogP contribution in [0.15, 0.2) is 18.3 Å². The summed E-state index contributed by atoms with van der Waals surface area (Å²) in [6.45, 7) is 3.82. The van der Waals surface area contributed by atoms with Crippen LogP contribution < -0.4 is 10.1 Å². The molecule has 20 heavy (non-hydrogen) atoms. The highest BCUT2D eigenvalue weighted by molar-refractivity contribution is 5.84. The minimum atomic E-state index is -1.02. The van der Waals surface area contributed by atoms with E-state index < -0.39 is 12.0 Å². The van der Waals surface area contributed by atoms with E-state index in [-0.39, 0.29) is 18.2 Å². The normalized spacial score (nSPS) is 12.0. The highest BCUT2D eigenvalue weighted by Crippen LogP contribution is 2.09. The first-order valence-corrected chi connectivity index (χ1v) is 6.43. The van der Waals surface area contributed by atoms with Gasteiger partial charge in [0.1, 0.15) is 11.8 Å². The molecule has 0 aromatic carbocycles. The van der Waals surface area contributed by atoms with Gasteiger partial charge in [0, 0.05) is 5.69 Å². The molecule has 0 spiro atoms. The molecule has 0 saturated heterocycles. The number of amides is 1. The fourth-order valence-corrected chi connectivity index (χ4v) is 1.74. The smallest absolute Gasteiger partial charge is 0.326 e. The monoisotopic (exact) mass is 280 g/mol. The summed E-state index contributed by atoms with van der Waals surface area (Å²) in [6, 6.07) is 2.52. The number of pyridine rings is 1. The molecule has 0 aliphatic heterocycles. The Morgan fingerprint density at radius 2 is 2.10 bits per heavy atom. The lowest BCUT2D eigenvalue weighted by Gasteiger charge is -2.16.